The summed E-state index contributed by atoms with van der Waals surface area (Å²) in [5.41, 5.74) is 3.56. The maximum Gasteiger partial charge on any atom is 0.408 e. The summed E-state index contributed by atoms with van der Waals surface area (Å²) in [6.07, 6.45) is -1.48. The fourth-order valence-corrected chi connectivity index (χ4v) is 5.33. The zero-order chi connectivity index (χ0) is 34.1. The van der Waals surface area contributed by atoms with Crippen molar-refractivity contribution in [3.8, 4) is 0 Å². The van der Waals surface area contributed by atoms with Gasteiger partial charge < -0.3 is 30.5 Å². The zero-order valence-electron chi connectivity index (χ0n) is 27.5. The SMILES string of the molecule is CC(C)[C@H](NC(=O)OCc1ccccc1)C(=O)NC(Cc1ccccc1)C(O)C[C@H](Cc1ccccc1)NC(=O)OCc1ccccc1. The lowest BCUT2D eigenvalue weighted by molar-refractivity contribution is -0.125. The van der Waals surface area contributed by atoms with Crippen LogP contribution in [0.1, 0.15) is 42.5 Å². The molecule has 0 heterocycles. The molecule has 0 saturated heterocycles. The van der Waals surface area contributed by atoms with Crippen LogP contribution in [0.15, 0.2) is 121 Å². The van der Waals surface area contributed by atoms with Crippen LogP contribution >= 0.6 is 0 Å². The maximum atomic E-state index is 13.7. The Morgan fingerprint density at radius 1 is 0.583 bits per heavy atom. The van der Waals surface area contributed by atoms with Crippen LogP contribution in [0.25, 0.3) is 0 Å². The number of amides is 3. The van der Waals surface area contributed by atoms with E-state index >= 15 is 0 Å². The van der Waals surface area contributed by atoms with E-state index in [0.29, 0.717) is 12.8 Å². The van der Waals surface area contributed by atoms with Gasteiger partial charge in [0.1, 0.15) is 19.3 Å². The molecule has 0 saturated carbocycles. The van der Waals surface area contributed by atoms with Crippen LogP contribution in [-0.4, -0.2) is 47.4 Å². The molecule has 4 atom stereocenters. The summed E-state index contributed by atoms with van der Waals surface area (Å²) in [6.45, 7) is 3.83. The molecule has 2 unspecified atom stereocenters. The van der Waals surface area contributed by atoms with E-state index in [1.165, 1.54) is 0 Å². The largest absolute Gasteiger partial charge is 0.445 e. The minimum atomic E-state index is -1.06. The molecule has 3 amide bonds. The molecule has 0 aromatic heterocycles. The molecule has 4 rings (SSSR count). The van der Waals surface area contributed by atoms with Gasteiger partial charge in [0, 0.05) is 6.04 Å². The van der Waals surface area contributed by atoms with Crippen molar-refractivity contribution in [2.24, 2.45) is 5.92 Å². The second kappa shape index (κ2) is 18.9. The number of hydrogen-bond donors (Lipinski definition) is 4. The fraction of sp³-hybridized carbons (Fsp3) is 0.308. The second-order valence-corrected chi connectivity index (χ2v) is 12.1. The predicted octanol–water partition coefficient (Wildman–Crippen LogP) is 5.95. The number of aliphatic hydroxyl groups excluding tert-OH is 1. The van der Waals surface area contributed by atoms with Crippen molar-refractivity contribution in [3.05, 3.63) is 144 Å². The third-order valence-corrected chi connectivity index (χ3v) is 7.91. The second-order valence-electron chi connectivity index (χ2n) is 12.1. The number of nitrogens with one attached hydrogen (secondary N) is 3. The average Bonchev–Trinajstić information content (AvgIpc) is 3.10. The smallest absolute Gasteiger partial charge is 0.408 e. The number of ether oxygens (including phenoxy) is 2. The highest BCUT2D eigenvalue weighted by molar-refractivity contribution is 5.86. The topological polar surface area (TPSA) is 126 Å². The van der Waals surface area contributed by atoms with E-state index in [-0.39, 0.29) is 25.6 Å². The van der Waals surface area contributed by atoms with Gasteiger partial charge >= 0.3 is 12.2 Å². The number of benzene rings is 4. The van der Waals surface area contributed by atoms with Gasteiger partial charge in [0.05, 0.1) is 12.1 Å². The van der Waals surface area contributed by atoms with E-state index in [0.717, 1.165) is 22.3 Å². The minimum absolute atomic E-state index is 0.0675. The quantitative estimate of drug-likeness (QED) is 0.119. The van der Waals surface area contributed by atoms with Crippen LogP contribution in [0.5, 0.6) is 0 Å². The molecule has 252 valence electrons. The van der Waals surface area contributed by atoms with Gasteiger partial charge in [-0.1, -0.05) is 135 Å². The monoisotopic (exact) mass is 651 g/mol. The first-order valence-electron chi connectivity index (χ1n) is 16.3. The van der Waals surface area contributed by atoms with E-state index in [2.05, 4.69) is 16.0 Å². The Hall–Kier alpha value is -5.15. The van der Waals surface area contributed by atoms with Crippen LogP contribution in [0.3, 0.4) is 0 Å². The first-order chi connectivity index (χ1) is 23.3. The summed E-state index contributed by atoms with van der Waals surface area (Å²) in [6, 6.07) is 35.7. The van der Waals surface area contributed by atoms with Crippen molar-refractivity contribution in [2.75, 3.05) is 0 Å². The summed E-state index contributed by atoms with van der Waals surface area (Å²) < 4.78 is 10.9. The highest BCUT2D eigenvalue weighted by atomic mass is 16.6. The van der Waals surface area contributed by atoms with Gasteiger partial charge in [0.25, 0.3) is 0 Å². The van der Waals surface area contributed by atoms with Gasteiger partial charge in [-0.15, -0.1) is 0 Å². The molecule has 0 bridgehead atoms. The minimum Gasteiger partial charge on any atom is -0.445 e. The summed E-state index contributed by atoms with van der Waals surface area (Å²) in [5, 5.41) is 20.3. The molecule has 0 aliphatic rings. The third kappa shape index (κ3) is 12.2. The molecule has 0 radical (unpaired) electrons. The number of alkyl carbamates (subject to hydrolysis) is 2. The molecular weight excluding hydrogens is 606 g/mol. The number of hydrogen-bond acceptors (Lipinski definition) is 6. The Morgan fingerprint density at radius 3 is 1.46 bits per heavy atom. The molecule has 0 aliphatic carbocycles. The Morgan fingerprint density at radius 2 is 1.00 bits per heavy atom. The lowest BCUT2D eigenvalue weighted by atomic mass is 9.93. The maximum absolute atomic E-state index is 13.7. The van der Waals surface area contributed by atoms with Gasteiger partial charge in [-0.3, -0.25) is 4.79 Å². The fourth-order valence-electron chi connectivity index (χ4n) is 5.33. The van der Waals surface area contributed by atoms with Crippen LogP contribution in [0.2, 0.25) is 0 Å². The van der Waals surface area contributed by atoms with Crippen molar-refractivity contribution >= 4 is 18.1 Å². The molecule has 4 aromatic rings. The van der Waals surface area contributed by atoms with Crippen LogP contribution in [0.4, 0.5) is 9.59 Å². The highest BCUT2D eigenvalue weighted by Crippen LogP contribution is 2.16. The van der Waals surface area contributed by atoms with E-state index in [1.807, 2.05) is 135 Å². The van der Waals surface area contributed by atoms with Gasteiger partial charge in [-0.2, -0.15) is 0 Å². The summed E-state index contributed by atoms with van der Waals surface area (Å²) in [4.78, 5) is 39.3. The highest BCUT2D eigenvalue weighted by Gasteiger charge is 2.31. The third-order valence-electron chi connectivity index (χ3n) is 7.91. The number of rotatable bonds is 16. The van der Waals surface area contributed by atoms with Crippen molar-refractivity contribution in [3.63, 3.8) is 0 Å². The molecule has 48 heavy (non-hydrogen) atoms. The Labute approximate surface area is 282 Å². The number of carbonyl (C=O) groups excluding carboxylic acids is 3. The Balaban J connectivity index is 1.46. The van der Waals surface area contributed by atoms with Crippen molar-refractivity contribution in [1.82, 2.24) is 16.0 Å². The zero-order valence-corrected chi connectivity index (χ0v) is 27.5. The molecule has 9 heteroatoms. The first-order valence-corrected chi connectivity index (χ1v) is 16.3. The standard InChI is InChI=1S/C39H45N3O6/c1-28(2)36(42-39(46)48-27-32-21-13-6-14-22-32)37(44)41-34(24-30-17-9-4-10-18-30)35(43)25-33(23-29-15-7-3-8-16-29)40-38(45)47-26-31-19-11-5-12-20-31/h3-22,28,33-36,43H,23-27H2,1-2H3,(H,40,45)(H,41,44)(H,42,46)/t33-,34?,35?,36-/m0/s1. The van der Waals surface area contributed by atoms with Gasteiger partial charge in [0.2, 0.25) is 5.91 Å². The van der Waals surface area contributed by atoms with Gasteiger partial charge in [-0.05, 0) is 47.4 Å². The molecule has 4 aromatic carbocycles. The van der Waals surface area contributed by atoms with Crippen LogP contribution < -0.4 is 16.0 Å². The molecule has 0 spiro atoms. The van der Waals surface area contributed by atoms with Crippen molar-refractivity contribution < 1.29 is 29.0 Å². The van der Waals surface area contributed by atoms with Crippen LogP contribution in [-0.2, 0) is 40.3 Å². The lowest BCUT2D eigenvalue weighted by Crippen LogP contribution is -2.56. The summed E-state index contributed by atoms with van der Waals surface area (Å²) in [7, 11) is 0. The molecule has 0 fully saturated rings. The normalized spacial score (nSPS) is 13.4. The van der Waals surface area contributed by atoms with E-state index in [9.17, 15) is 19.5 Å². The Bertz CT molecular complexity index is 1540. The van der Waals surface area contributed by atoms with E-state index in [1.54, 1.807) is 0 Å². The van der Waals surface area contributed by atoms with Gasteiger partial charge in [0.15, 0.2) is 0 Å². The lowest BCUT2D eigenvalue weighted by Gasteiger charge is -2.30. The number of carbonyl (C=O) groups is 3. The first kappa shape index (κ1) is 35.7. The summed E-state index contributed by atoms with van der Waals surface area (Å²) in [5.74, 6) is -0.716. The van der Waals surface area contributed by atoms with Crippen molar-refractivity contribution in [1.29, 1.82) is 0 Å². The Kier molecular flexibility index (Phi) is 14.0. The summed E-state index contributed by atoms with van der Waals surface area (Å²) >= 11 is 0. The van der Waals surface area contributed by atoms with Crippen molar-refractivity contribution in [2.45, 2.75) is 70.6 Å². The molecule has 0 aliphatic heterocycles. The van der Waals surface area contributed by atoms with E-state index in [4.69, 9.17) is 9.47 Å². The number of aliphatic hydroxyl groups is 1. The average molecular weight is 652 g/mol. The van der Waals surface area contributed by atoms with Gasteiger partial charge in [-0.25, -0.2) is 9.59 Å². The molecular formula is C39H45N3O6. The van der Waals surface area contributed by atoms with Crippen LogP contribution in [0, 0.1) is 5.92 Å². The molecule has 9 nitrogen and oxygen atoms in total. The molecule has 4 N–H and O–H groups in total. The predicted molar refractivity (Wildman–Crippen MR) is 185 cm³/mol. The van der Waals surface area contributed by atoms with E-state index < -0.39 is 42.3 Å².